The van der Waals surface area contributed by atoms with E-state index < -0.39 is 23.8 Å². The number of carboxylic acid groups (broad SMARTS) is 1. The van der Waals surface area contributed by atoms with Gasteiger partial charge in [0, 0.05) is 13.0 Å². The molecular weight excluding hydrogens is 337 g/mol. The maximum atomic E-state index is 12.8. The average Bonchev–Trinajstić information content (AvgIpc) is 2.37. The summed E-state index contributed by atoms with van der Waals surface area (Å²) < 4.78 is 18.4. The number of carbonyl (C=O) groups is 2. The van der Waals surface area contributed by atoms with E-state index in [4.69, 9.17) is 14.9 Å². The SMILES string of the molecule is O=C(COc1ccc(F)cc1Br)NCC[C@H](O)C(=O)O. The molecule has 0 aliphatic carbocycles. The molecule has 3 N–H and O–H groups in total. The Hall–Kier alpha value is -1.67. The third-order valence-electron chi connectivity index (χ3n) is 2.28. The summed E-state index contributed by atoms with van der Waals surface area (Å²) in [7, 11) is 0. The number of benzene rings is 1. The molecule has 0 aromatic heterocycles. The Morgan fingerprint density at radius 3 is 2.75 bits per heavy atom. The Kier molecular flexibility index (Phi) is 6.40. The van der Waals surface area contributed by atoms with Crippen molar-refractivity contribution in [2.45, 2.75) is 12.5 Å². The monoisotopic (exact) mass is 349 g/mol. The van der Waals surface area contributed by atoms with E-state index in [2.05, 4.69) is 21.2 Å². The van der Waals surface area contributed by atoms with Crippen molar-refractivity contribution in [3.63, 3.8) is 0 Å². The number of hydrogen-bond donors (Lipinski definition) is 3. The van der Waals surface area contributed by atoms with Crippen LogP contribution in [-0.4, -0.2) is 41.3 Å². The van der Waals surface area contributed by atoms with Crippen molar-refractivity contribution in [3.05, 3.63) is 28.5 Å². The van der Waals surface area contributed by atoms with Crippen molar-refractivity contribution in [2.75, 3.05) is 13.2 Å². The molecule has 0 aliphatic rings. The second kappa shape index (κ2) is 7.81. The normalized spacial score (nSPS) is 11.8. The molecule has 1 rings (SSSR count). The topological polar surface area (TPSA) is 95.9 Å². The zero-order valence-corrected chi connectivity index (χ0v) is 11.9. The standard InChI is InChI=1S/C12H13BrFNO5/c13-8-5-7(14)1-2-10(8)20-6-11(17)15-4-3-9(16)12(18)19/h1-2,5,9,16H,3-4,6H2,(H,15,17)(H,18,19)/t9-/m0/s1. The lowest BCUT2D eigenvalue weighted by atomic mass is 10.2. The number of amides is 1. The maximum absolute atomic E-state index is 12.8. The minimum atomic E-state index is -1.51. The lowest BCUT2D eigenvalue weighted by molar-refractivity contribution is -0.147. The molecule has 0 spiro atoms. The number of carboxylic acids is 1. The fraction of sp³-hybridized carbons (Fsp3) is 0.333. The van der Waals surface area contributed by atoms with Crippen LogP contribution in [0.3, 0.4) is 0 Å². The molecule has 0 radical (unpaired) electrons. The second-order valence-electron chi connectivity index (χ2n) is 3.86. The molecule has 6 nitrogen and oxygen atoms in total. The molecular formula is C12H13BrFNO5. The third kappa shape index (κ3) is 5.54. The van der Waals surface area contributed by atoms with Gasteiger partial charge in [-0.15, -0.1) is 0 Å². The molecule has 0 aliphatic heterocycles. The summed E-state index contributed by atoms with van der Waals surface area (Å²) in [5, 5.41) is 19.8. The first-order chi connectivity index (χ1) is 9.40. The fourth-order valence-corrected chi connectivity index (χ4v) is 1.72. The zero-order chi connectivity index (χ0) is 15.1. The van der Waals surface area contributed by atoms with Crippen molar-refractivity contribution < 1.29 is 28.9 Å². The van der Waals surface area contributed by atoms with Gasteiger partial charge in [-0.1, -0.05) is 0 Å². The van der Waals surface area contributed by atoms with Crippen LogP contribution in [0.5, 0.6) is 5.75 Å². The molecule has 0 heterocycles. The van der Waals surface area contributed by atoms with Crippen LogP contribution >= 0.6 is 15.9 Å². The highest BCUT2D eigenvalue weighted by Gasteiger charge is 2.13. The van der Waals surface area contributed by atoms with Gasteiger partial charge in [-0.25, -0.2) is 9.18 Å². The first-order valence-electron chi connectivity index (χ1n) is 5.65. The lowest BCUT2D eigenvalue weighted by Crippen LogP contribution is -2.33. The molecule has 0 saturated heterocycles. The molecule has 1 amide bonds. The predicted molar refractivity (Wildman–Crippen MR) is 70.9 cm³/mol. The Bertz CT molecular complexity index is 497. The van der Waals surface area contributed by atoms with Gasteiger partial charge in [-0.3, -0.25) is 4.79 Å². The molecule has 0 fully saturated rings. The van der Waals surface area contributed by atoms with E-state index in [1.165, 1.54) is 18.2 Å². The van der Waals surface area contributed by atoms with Crippen LogP contribution in [0, 0.1) is 5.82 Å². The molecule has 20 heavy (non-hydrogen) atoms. The number of nitrogens with one attached hydrogen (secondary N) is 1. The molecule has 0 saturated carbocycles. The van der Waals surface area contributed by atoms with Gasteiger partial charge < -0.3 is 20.3 Å². The third-order valence-corrected chi connectivity index (χ3v) is 2.90. The van der Waals surface area contributed by atoms with Gasteiger partial charge in [-0.05, 0) is 34.1 Å². The highest BCUT2D eigenvalue weighted by atomic mass is 79.9. The minimum absolute atomic E-state index is 0.0141. The fourth-order valence-electron chi connectivity index (χ4n) is 1.26. The van der Waals surface area contributed by atoms with Crippen molar-refractivity contribution in [3.8, 4) is 5.75 Å². The molecule has 1 aromatic rings. The number of aliphatic carboxylic acids is 1. The first kappa shape index (κ1) is 16.4. The minimum Gasteiger partial charge on any atom is -0.483 e. The van der Waals surface area contributed by atoms with Crippen LogP contribution in [0.15, 0.2) is 22.7 Å². The maximum Gasteiger partial charge on any atom is 0.332 e. The van der Waals surface area contributed by atoms with Gasteiger partial charge in [-0.2, -0.15) is 0 Å². The zero-order valence-electron chi connectivity index (χ0n) is 10.3. The van der Waals surface area contributed by atoms with Crippen LogP contribution in [-0.2, 0) is 9.59 Å². The van der Waals surface area contributed by atoms with Crippen LogP contribution in [0.25, 0.3) is 0 Å². The molecule has 0 bridgehead atoms. The number of hydrogen-bond acceptors (Lipinski definition) is 4. The summed E-state index contributed by atoms with van der Waals surface area (Å²) in [4.78, 5) is 21.7. The van der Waals surface area contributed by atoms with E-state index >= 15 is 0 Å². The number of aliphatic hydroxyl groups excluding tert-OH is 1. The van der Waals surface area contributed by atoms with Gasteiger partial charge in [0.25, 0.3) is 5.91 Å². The number of ether oxygens (including phenoxy) is 1. The summed E-state index contributed by atoms with van der Waals surface area (Å²) in [5.41, 5.74) is 0. The second-order valence-corrected chi connectivity index (χ2v) is 4.71. The van der Waals surface area contributed by atoms with Crippen LogP contribution in [0.1, 0.15) is 6.42 Å². The molecule has 1 aromatic carbocycles. The van der Waals surface area contributed by atoms with Crippen molar-refractivity contribution in [1.29, 1.82) is 0 Å². The summed E-state index contributed by atoms with van der Waals surface area (Å²) in [5.74, 6) is -1.94. The van der Waals surface area contributed by atoms with Crippen LogP contribution in [0.2, 0.25) is 0 Å². The van der Waals surface area contributed by atoms with Crippen molar-refractivity contribution in [2.24, 2.45) is 0 Å². The molecule has 110 valence electrons. The number of rotatable bonds is 7. The molecule has 0 unspecified atom stereocenters. The summed E-state index contributed by atoms with van der Waals surface area (Å²) in [6.45, 7) is -0.284. The van der Waals surface area contributed by atoms with E-state index in [-0.39, 0.29) is 19.6 Å². The van der Waals surface area contributed by atoms with Gasteiger partial charge in [0.1, 0.15) is 11.6 Å². The predicted octanol–water partition coefficient (Wildman–Crippen LogP) is 0.919. The summed E-state index contributed by atoms with van der Waals surface area (Å²) in [6, 6.07) is 3.78. The van der Waals surface area contributed by atoms with Crippen molar-refractivity contribution >= 4 is 27.8 Å². The number of carbonyl (C=O) groups excluding carboxylic acids is 1. The lowest BCUT2D eigenvalue weighted by Gasteiger charge is -2.09. The summed E-state index contributed by atoms with van der Waals surface area (Å²) >= 11 is 3.09. The molecule has 1 atom stereocenters. The first-order valence-corrected chi connectivity index (χ1v) is 6.45. The van der Waals surface area contributed by atoms with Gasteiger partial charge in [0.15, 0.2) is 12.7 Å². The summed E-state index contributed by atoms with van der Waals surface area (Å²) in [6.07, 6.45) is -1.61. The average molecular weight is 350 g/mol. The van der Waals surface area contributed by atoms with E-state index in [0.29, 0.717) is 10.2 Å². The van der Waals surface area contributed by atoms with E-state index in [9.17, 15) is 14.0 Å². The smallest absolute Gasteiger partial charge is 0.332 e. The van der Waals surface area contributed by atoms with Crippen LogP contribution < -0.4 is 10.1 Å². The van der Waals surface area contributed by atoms with Crippen molar-refractivity contribution in [1.82, 2.24) is 5.32 Å². The largest absolute Gasteiger partial charge is 0.483 e. The Morgan fingerprint density at radius 2 is 2.15 bits per heavy atom. The highest BCUT2D eigenvalue weighted by molar-refractivity contribution is 9.10. The Balaban J connectivity index is 2.31. The number of aliphatic hydroxyl groups is 1. The Labute approximate surface area is 122 Å². The highest BCUT2D eigenvalue weighted by Crippen LogP contribution is 2.25. The van der Waals surface area contributed by atoms with Gasteiger partial charge in [0.05, 0.1) is 4.47 Å². The van der Waals surface area contributed by atoms with Gasteiger partial charge >= 0.3 is 5.97 Å². The van der Waals surface area contributed by atoms with Crippen LogP contribution in [0.4, 0.5) is 4.39 Å². The van der Waals surface area contributed by atoms with E-state index in [1.54, 1.807) is 0 Å². The molecule has 8 heteroatoms. The Morgan fingerprint density at radius 1 is 1.45 bits per heavy atom. The number of halogens is 2. The van der Waals surface area contributed by atoms with E-state index in [0.717, 1.165) is 0 Å². The van der Waals surface area contributed by atoms with E-state index in [1.807, 2.05) is 0 Å². The van der Waals surface area contributed by atoms with Gasteiger partial charge in [0.2, 0.25) is 0 Å². The quantitative estimate of drug-likeness (QED) is 0.680.